The number of benzene rings is 1. The Kier molecular flexibility index (Phi) is 4.75. The largest absolute Gasteiger partial charge is 0.488 e. The number of para-hydroxylation sites is 1. The zero-order valence-corrected chi connectivity index (χ0v) is 15.2. The van der Waals surface area contributed by atoms with Crippen molar-refractivity contribution >= 4 is 11.8 Å². The minimum absolute atomic E-state index is 0.120. The summed E-state index contributed by atoms with van der Waals surface area (Å²) in [7, 11) is 0. The molecule has 2 aromatic rings. The summed E-state index contributed by atoms with van der Waals surface area (Å²) in [6.45, 7) is 2.15. The Morgan fingerprint density at radius 3 is 2.59 bits per heavy atom. The number of hydrogen-bond acceptors (Lipinski definition) is 5. The second-order valence-corrected chi connectivity index (χ2v) is 7.09. The lowest BCUT2D eigenvalue weighted by molar-refractivity contribution is -0.125. The molecule has 1 saturated carbocycles. The summed E-state index contributed by atoms with van der Waals surface area (Å²) >= 11 is 0. The average Bonchev–Trinajstić information content (AvgIpc) is 3.39. The predicted octanol–water partition coefficient (Wildman–Crippen LogP) is 1.73. The fourth-order valence-electron chi connectivity index (χ4n) is 3.22. The molecule has 4 rings (SSSR count). The van der Waals surface area contributed by atoms with E-state index in [-0.39, 0.29) is 29.7 Å². The molecule has 27 heavy (non-hydrogen) atoms. The minimum Gasteiger partial charge on any atom is -0.488 e. The van der Waals surface area contributed by atoms with Crippen molar-refractivity contribution in [3.05, 3.63) is 54.1 Å². The third-order valence-electron chi connectivity index (χ3n) is 4.80. The molecular formula is C20H22N4O3. The van der Waals surface area contributed by atoms with Crippen LogP contribution in [0.4, 0.5) is 0 Å². The second-order valence-electron chi connectivity index (χ2n) is 7.09. The van der Waals surface area contributed by atoms with Crippen LogP contribution in [0, 0.1) is 6.92 Å². The van der Waals surface area contributed by atoms with Crippen LogP contribution in [-0.4, -0.2) is 51.4 Å². The van der Waals surface area contributed by atoms with Crippen LogP contribution in [0.2, 0.25) is 0 Å². The molecule has 2 fully saturated rings. The van der Waals surface area contributed by atoms with Crippen LogP contribution in [-0.2, 0) is 4.79 Å². The van der Waals surface area contributed by atoms with Crippen LogP contribution in [0.15, 0.2) is 42.7 Å². The molecule has 1 saturated heterocycles. The molecule has 2 atom stereocenters. The van der Waals surface area contributed by atoms with E-state index in [1.165, 1.54) is 6.20 Å². The molecule has 1 aromatic carbocycles. The molecule has 7 nitrogen and oxygen atoms in total. The van der Waals surface area contributed by atoms with Crippen LogP contribution in [0.1, 0.15) is 35.4 Å². The number of nitrogens with one attached hydrogen (secondary N) is 1. The van der Waals surface area contributed by atoms with Crippen LogP contribution in [0.25, 0.3) is 0 Å². The molecule has 1 aromatic heterocycles. The zero-order valence-electron chi connectivity index (χ0n) is 15.2. The lowest BCUT2D eigenvalue weighted by Gasteiger charge is -2.23. The summed E-state index contributed by atoms with van der Waals surface area (Å²) in [6.07, 6.45) is 5.22. The van der Waals surface area contributed by atoms with Gasteiger partial charge in [-0.15, -0.1) is 0 Å². The van der Waals surface area contributed by atoms with Crippen LogP contribution < -0.4 is 10.1 Å². The Labute approximate surface area is 157 Å². The van der Waals surface area contributed by atoms with Gasteiger partial charge in [-0.2, -0.15) is 0 Å². The number of aryl methyl sites for hydroxylation is 1. The number of hydrogen-bond donors (Lipinski definition) is 1. The van der Waals surface area contributed by atoms with E-state index in [0.29, 0.717) is 13.0 Å². The van der Waals surface area contributed by atoms with E-state index in [9.17, 15) is 9.59 Å². The van der Waals surface area contributed by atoms with Gasteiger partial charge in [0, 0.05) is 18.7 Å². The molecule has 7 heteroatoms. The third-order valence-corrected chi connectivity index (χ3v) is 4.80. The lowest BCUT2D eigenvalue weighted by atomic mass is 10.1. The quantitative estimate of drug-likeness (QED) is 0.871. The molecule has 0 unspecified atom stereocenters. The Morgan fingerprint density at radius 1 is 1.15 bits per heavy atom. The molecule has 0 bridgehead atoms. The van der Waals surface area contributed by atoms with Gasteiger partial charge >= 0.3 is 0 Å². The van der Waals surface area contributed by atoms with Crippen LogP contribution in [0.5, 0.6) is 5.75 Å². The van der Waals surface area contributed by atoms with E-state index in [1.54, 1.807) is 11.1 Å². The van der Waals surface area contributed by atoms with Gasteiger partial charge in [0.1, 0.15) is 23.6 Å². The average molecular weight is 366 g/mol. The molecule has 1 aliphatic heterocycles. The summed E-state index contributed by atoms with van der Waals surface area (Å²) in [5, 5.41) is 3.00. The van der Waals surface area contributed by atoms with Gasteiger partial charge in [0.15, 0.2) is 0 Å². The number of amides is 2. The maximum Gasteiger partial charge on any atom is 0.274 e. The number of carbonyl (C=O) groups is 2. The first-order chi connectivity index (χ1) is 13.1. The summed E-state index contributed by atoms with van der Waals surface area (Å²) in [4.78, 5) is 35.5. The molecule has 2 heterocycles. The standard InChI is InChI=1S/C20H22N4O3/c1-13-10-22-17(11-21-13)20(26)24-12-16(27-15-5-3-2-4-6-15)9-18(24)19(25)23-14-7-8-14/h2-6,10-11,14,16,18H,7-9,12H2,1H3,(H,23,25)/t16-,18-/m0/s1. The maximum absolute atomic E-state index is 13.0. The van der Waals surface area contributed by atoms with Crippen LogP contribution in [0.3, 0.4) is 0 Å². The Bertz CT molecular complexity index is 821. The van der Waals surface area contributed by atoms with Crippen molar-refractivity contribution in [2.45, 2.75) is 44.4 Å². The first-order valence-electron chi connectivity index (χ1n) is 9.22. The molecule has 2 amide bonds. The highest BCUT2D eigenvalue weighted by Crippen LogP contribution is 2.26. The molecule has 0 radical (unpaired) electrons. The van der Waals surface area contributed by atoms with Crippen molar-refractivity contribution in [3.8, 4) is 5.75 Å². The second kappa shape index (κ2) is 7.34. The number of likely N-dealkylation sites (tertiary alicyclic amines) is 1. The van der Waals surface area contributed by atoms with E-state index in [0.717, 1.165) is 24.3 Å². The van der Waals surface area contributed by atoms with Crippen molar-refractivity contribution < 1.29 is 14.3 Å². The summed E-state index contributed by atoms with van der Waals surface area (Å²) in [6, 6.07) is 9.13. The van der Waals surface area contributed by atoms with Gasteiger partial charge in [0.25, 0.3) is 5.91 Å². The smallest absolute Gasteiger partial charge is 0.274 e. The Morgan fingerprint density at radius 2 is 1.93 bits per heavy atom. The van der Waals surface area contributed by atoms with E-state index < -0.39 is 6.04 Å². The number of ether oxygens (including phenoxy) is 1. The highest BCUT2D eigenvalue weighted by atomic mass is 16.5. The fourth-order valence-corrected chi connectivity index (χ4v) is 3.22. The normalized spacial score (nSPS) is 21.7. The van der Waals surface area contributed by atoms with E-state index in [4.69, 9.17) is 4.74 Å². The highest BCUT2D eigenvalue weighted by molar-refractivity contribution is 5.96. The van der Waals surface area contributed by atoms with Gasteiger partial charge < -0.3 is 15.0 Å². The molecule has 0 spiro atoms. The zero-order chi connectivity index (χ0) is 18.8. The van der Waals surface area contributed by atoms with Crippen molar-refractivity contribution in [1.82, 2.24) is 20.2 Å². The highest BCUT2D eigenvalue weighted by Gasteiger charge is 2.42. The Balaban J connectivity index is 1.52. The number of rotatable bonds is 5. The molecule has 140 valence electrons. The van der Waals surface area contributed by atoms with Crippen molar-refractivity contribution in [2.24, 2.45) is 0 Å². The van der Waals surface area contributed by atoms with Crippen molar-refractivity contribution in [3.63, 3.8) is 0 Å². The SMILES string of the molecule is Cc1cnc(C(=O)N2C[C@@H](Oc3ccccc3)C[C@H]2C(=O)NC2CC2)cn1. The van der Waals surface area contributed by atoms with Crippen molar-refractivity contribution in [2.75, 3.05) is 6.54 Å². The number of carbonyl (C=O) groups excluding carboxylic acids is 2. The van der Waals surface area contributed by atoms with Gasteiger partial charge in [-0.3, -0.25) is 14.6 Å². The van der Waals surface area contributed by atoms with E-state index in [1.807, 2.05) is 37.3 Å². The fraction of sp³-hybridized carbons (Fsp3) is 0.400. The maximum atomic E-state index is 13.0. The lowest BCUT2D eigenvalue weighted by Crippen LogP contribution is -2.46. The molecular weight excluding hydrogens is 344 g/mol. The van der Waals surface area contributed by atoms with Gasteiger partial charge in [0.05, 0.1) is 18.4 Å². The molecule has 1 aliphatic carbocycles. The van der Waals surface area contributed by atoms with Gasteiger partial charge in [-0.1, -0.05) is 18.2 Å². The van der Waals surface area contributed by atoms with E-state index in [2.05, 4.69) is 15.3 Å². The van der Waals surface area contributed by atoms with E-state index >= 15 is 0 Å². The van der Waals surface area contributed by atoms with Crippen molar-refractivity contribution in [1.29, 1.82) is 0 Å². The first kappa shape index (κ1) is 17.5. The summed E-state index contributed by atoms with van der Waals surface area (Å²) in [5.74, 6) is 0.316. The van der Waals surface area contributed by atoms with Gasteiger partial charge in [0.2, 0.25) is 5.91 Å². The van der Waals surface area contributed by atoms with Gasteiger partial charge in [-0.05, 0) is 31.9 Å². The molecule has 2 aliphatic rings. The van der Waals surface area contributed by atoms with Gasteiger partial charge in [-0.25, -0.2) is 4.98 Å². The predicted molar refractivity (Wildman–Crippen MR) is 98.2 cm³/mol. The van der Waals surface area contributed by atoms with Crippen LogP contribution >= 0.6 is 0 Å². The molecule has 1 N–H and O–H groups in total. The first-order valence-corrected chi connectivity index (χ1v) is 9.22. The Hall–Kier alpha value is -2.96. The number of aromatic nitrogens is 2. The topological polar surface area (TPSA) is 84.4 Å². The number of nitrogens with zero attached hydrogens (tertiary/aromatic N) is 3. The third kappa shape index (κ3) is 4.07. The summed E-state index contributed by atoms with van der Waals surface area (Å²) in [5.41, 5.74) is 0.978. The minimum atomic E-state index is -0.560. The monoisotopic (exact) mass is 366 g/mol. The summed E-state index contributed by atoms with van der Waals surface area (Å²) < 4.78 is 6.00.